The van der Waals surface area contributed by atoms with Gasteiger partial charge in [-0.2, -0.15) is 0 Å². The first kappa shape index (κ1) is 34.4. The summed E-state index contributed by atoms with van der Waals surface area (Å²) < 4.78 is 16.7. The Balaban J connectivity index is 0.00000180. The van der Waals surface area contributed by atoms with E-state index in [1.54, 1.807) is 0 Å². The van der Waals surface area contributed by atoms with Gasteiger partial charge >= 0.3 is 17.9 Å². The van der Waals surface area contributed by atoms with Crippen molar-refractivity contribution in [2.75, 3.05) is 6.61 Å². The zero-order chi connectivity index (χ0) is 24.7. The molecule has 0 amide bonds. The summed E-state index contributed by atoms with van der Waals surface area (Å²) in [7, 11) is 0. The largest absolute Gasteiger partial charge is 0.462 e. The molecule has 0 aromatic rings. The molecule has 0 aromatic heterocycles. The number of carbonyl (C=O) groups is 3. The quantitative estimate of drug-likeness (QED) is 0.278. The van der Waals surface area contributed by atoms with Gasteiger partial charge in [0.15, 0.2) is 0 Å². The smallest absolute Gasteiger partial charge is 0.348 e. The van der Waals surface area contributed by atoms with E-state index in [2.05, 4.69) is 13.8 Å². The Morgan fingerprint density at radius 2 is 1.37 bits per heavy atom. The Morgan fingerprint density at radius 1 is 0.816 bits per heavy atom. The summed E-state index contributed by atoms with van der Waals surface area (Å²) in [6.45, 7) is 14.6. The van der Waals surface area contributed by atoms with Crippen molar-refractivity contribution < 1.29 is 28.6 Å². The van der Waals surface area contributed by atoms with Crippen LogP contribution >= 0.6 is 0 Å². The van der Waals surface area contributed by atoms with E-state index in [1.807, 2.05) is 34.6 Å². The second-order valence-corrected chi connectivity index (χ2v) is 13.8. The Bertz CT molecular complexity index is 870. The van der Waals surface area contributed by atoms with Gasteiger partial charge in [0, 0.05) is 5.41 Å². The number of hydrogen-bond acceptors (Lipinski definition) is 6. The lowest BCUT2D eigenvalue weighted by Gasteiger charge is -2.44. The van der Waals surface area contributed by atoms with Crippen molar-refractivity contribution in [3.63, 3.8) is 0 Å². The fraction of sp³-hybridized carbons (Fsp3) is 0.906. The number of rotatable bonds is 4. The lowest BCUT2D eigenvalue weighted by Crippen LogP contribution is -2.44. The van der Waals surface area contributed by atoms with Crippen molar-refractivity contribution in [2.45, 2.75) is 116 Å². The van der Waals surface area contributed by atoms with Crippen LogP contribution in [0.2, 0.25) is 0 Å². The summed E-state index contributed by atoms with van der Waals surface area (Å²) in [6.07, 6.45) is 3.21. The highest BCUT2D eigenvalue weighted by molar-refractivity contribution is 5.83. The van der Waals surface area contributed by atoms with Gasteiger partial charge in [0.1, 0.15) is 12.2 Å². The van der Waals surface area contributed by atoms with E-state index in [-0.39, 0.29) is 53.5 Å². The van der Waals surface area contributed by atoms with Gasteiger partial charge in [0.2, 0.25) is 6.10 Å². The van der Waals surface area contributed by atoms with Crippen LogP contribution < -0.4 is 0 Å². The number of fused-ring (bicyclic) bond motifs is 4. The maximum atomic E-state index is 13.2. The first-order valence-corrected chi connectivity index (χ1v) is 13.4. The molecule has 5 rings (SSSR count). The van der Waals surface area contributed by atoms with Gasteiger partial charge in [0.25, 0.3) is 0 Å². The minimum absolute atomic E-state index is 0. The molecule has 1 heterocycles. The molecule has 4 aliphatic carbocycles. The van der Waals surface area contributed by atoms with E-state index in [1.165, 1.54) is 0 Å². The highest BCUT2D eigenvalue weighted by Gasteiger charge is 2.63. The van der Waals surface area contributed by atoms with Crippen molar-refractivity contribution in [3.05, 3.63) is 0 Å². The van der Waals surface area contributed by atoms with E-state index >= 15 is 0 Å². The van der Waals surface area contributed by atoms with Crippen LogP contribution in [-0.2, 0) is 28.6 Å². The Labute approximate surface area is 233 Å². The van der Waals surface area contributed by atoms with Crippen LogP contribution in [0.5, 0.6) is 0 Å². The van der Waals surface area contributed by atoms with Gasteiger partial charge in [-0.25, -0.2) is 4.79 Å². The van der Waals surface area contributed by atoms with Crippen molar-refractivity contribution >= 4 is 17.9 Å². The summed E-state index contributed by atoms with van der Waals surface area (Å²) >= 11 is 0. The van der Waals surface area contributed by atoms with Crippen LogP contribution in [0, 0.1) is 64.6 Å². The predicted octanol–water partition coefficient (Wildman–Crippen LogP) is 7.18. The molecule has 1 aliphatic heterocycles. The van der Waals surface area contributed by atoms with Crippen molar-refractivity contribution in [1.29, 1.82) is 0 Å². The SMILES string of the molecule is C.C.C.C.CC1C2CC(CC2C(=O)OC2C(=O)OCC2(C)C)C1C1C(C)C2CC(C(=O)OC(C)(C)C)C1C2. The van der Waals surface area contributed by atoms with Crippen LogP contribution in [0.25, 0.3) is 0 Å². The minimum atomic E-state index is -0.801. The lowest BCUT2D eigenvalue weighted by atomic mass is 9.61. The zero-order valence-corrected chi connectivity index (χ0v) is 21.8. The van der Waals surface area contributed by atoms with E-state index < -0.39 is 23.1 Å². The van der Waals surface area contributed by atoms with Crippen LogP contribution in [-0.4, -0.2) is 36.2 Å². The summed E-state index contributed by atoms with van der Waals surface area (Å²) in [5.41, 5.74) is -0.929. The van der Waals surface area contributed by atoms with Crippen molar-refractivity contribution in [1.82, 2.24) is 0 Å². The molecule has 0 aromatic carbocycles. The number of esters is 3. The average molecular weight is 539 g/mol. The fourth-order valence-electron chi connectivity index (χ4n) is 8.75. The van der Waals surface area contributed by atoms with E-state index in [9.17, 15) is 14.4 Å². The maximum absolute atomic E-state index is 13.2. The molecule has 4 saturated carbocycles. The molecule has 38 heavy (non-hydrogen) atoms. The summed E-state index contributed by atoms with van der Waals surface area (Å²) in [5, 5.41) is 0. The number of ether oxygens (including phenoxy) is 3. The van der Waals surface area contributed by atoms with E-state index in [4.69, 9.17) is 14.2 Å². The summed E-state index contributed by atoms with van der Waals surface area (Å²) in [5.74, 6) is 3.17. The molecular weight excluding hydrogens is 480 g/mol. The minimum Gasteiger partial charge on any atom is -0.462 e. The van der Waals surface area contributed by atoms with Gasteiger partial charge in [-0.05, 0) is 93.8 Å². The molecule has 1 saturated heterocycles. The molecule has 5 aliphatic rings. The van der Waals surface area contributed by atoms with Crippen LogP contribution in [0.3, 0.4) is 0 Å². The normalized spacial score (nSPS) is 41.7. The second kappa shape index (κ2) is 11.5. The summed E-state index contributed by atoms with van der Waals surface area (Å²) in [6, 6.07) is 0. The van der Waals surface area contributed by atoms with Gasteiger partial charge < -0.3 is 14.2 Å². The van der Waals surface area contributed by atoms with Gasteiger partial charge in [-0.15, -0.1) is 0 Å². The first-order chi connectivity index (χ1) is 15.8. The average Bonchev–Trinajstić information content (AvgIpc) is 3.51. The maximum Gasteiger partial charge on any atom is 0.348 e. The highest BCUT2D eigenvalue weighted by atomic mass is 16.6. The van der Waals surface area contributed by atoms with Crippen LogP contribution in [0.1, 0.15) is 104 Å². The predicted molar refractivity (Wildman–Crippen MR) is 152 cm³/mol. The van der Waals surface area contributed by atoms with E-state index in [0.717, 1.165) is 25.7 Å². The van der Waals surface area contributed by atoms with Crippen molar-refractivity contribution in [3.8, 4) is 0 Å². The second-order valence-electron chi connectivity index (χ2n) is 13.8. The van der Waals surface area contributed by atoms with Crippen molar-refractivity contribution in [2.24, 2.45) is 64.6 Å². The van der Waals surface area contributed by atoms with Gasteiger partial charge in [-0.3, -0.25) is 9.59 Å². The summed E-state index contributed by atoms with van der Waals surface area (Å²) in [4.78, 5) is 38.3. The van der Waals surface area contributed by atoms with Gasteiger partial charge in [-0.1, -0.05) is 57.4 Å². The molecule has 4 bridgehead atoms. The lowest BCUT2D eigenvalue weighted by molar-refractivity contribution is -0.169. The molecule has 6 nitrogen and oxygen atoms in total. The zero-order valence-electron chi connectivity index (χ0n) is 21.8. The molecule has 6 heteroatoms. The topological polar surface area (TPSA) is 78.9 Å². The van der Waals surface area contributed by atoms with Crippen LogP contribution in [0.15, 0.2) is 0 Å². The molecule has 0 radical (unpaired) electrons. The molecule has 0 N–H and O–H groups in total. The molecule has 0 spiro atoms. The molecule has 11 atom stereocenters. The number of carbonyl (C=O) groups excluding carboxylic acids is 3. The third-order valence-corrected chi connectivity index (χ3v) is 10.2. The number of cyclic esters (lactones) is 1. The third kappa shape index (κ3) is 5.52. The Hall–Kier alpha value is -1.59. The Morgan fingerprint density at radius 3 is 1.87 bits per heavy atom. The molecule has 11 unspecified atom stereocenters. The van der Waals surface area contributed by atoms with Crippen LogP contribution in [0.4, 0.5) is 0 Å². The molecule has 222 valence electrons. The fourth-order valence-corrected chi connectivity index (χ4v) is 8.75. The standard InChI is InChI=1S/C28H42O6.4CH4/c1-13-15-8-18(20(9-15)25(30)34-27(3,4)5)22(13)21-14(2)17-10-16(21)11-19(17)24(29)33-23-26(31)32-12-28(23,6)7;;;;/h13-23H,8-12H2,1-7H3;4*1H4. The first-order valence-electron chi connectivity index (χ1n) is 13.4. The highest BCUT2D eigenvalue weighted by Crippen LogP contribution is 2.66. The van der Waals surface area contributed by atoms with Gasteiger partial charge in [0.05, 0.1) is 11.8 Å². The molecular formula is C32H58O6. The molecule has 5 fully saturated rings. The number of hydrogen-bond donors (Lipinski definition) is 0. The Kier molecular flexibility index (Phi) is 10.4. The third-order valence-electron chi connectivity index (χ3n) is 10.2. The van der Waals surface area contributed by atoms with E-state index in [0.29, 0.717) is 54.0 Å². The monoisotopic (exact) mass is 538 g/mol.